The van der Waals surface area contributed by atoms with Gasteiger partial charge in [-0.15, -0.1) is 13.2 Å². The standard InChI is InChI=1S/C24H20F7NO3.C4H10.C2H6/c1-3-14(11-16(4-2)34-23(27,28)22(25)26)20-13-33-21-18(9-6-10-19(21)32-20)15-7-5-8-17(12-15)35-24(29,30)31;1-4(2)3;1-2/h3-12,20,22,32H,2,13H2,1H3;4H,1-3H3;1-2H3/b14-3+,16-11+;;. The van der Waals surface area contributed by atoms with Crippen LogP contribution < -0.4 is 14.8 Å². The zero-order valence-corrected chi connectivity index (χ0v) is 23.8. The first kappa shape index (κ1) is 35.4. The fraction of sp³-hybridized carbons (Fsp3) is 0.400. The van der Waals surface area contributed by atoms with Gasteiger partial charge in [0.25, 0.3) is 0 Å². The number of rotatable bonds is 8. The van der Waals surface area contributed by atoms with E-state index in [1.165, 1.54) is 18.2 Å². The van der Waals surface area contributed by atoms with E-state index in [1.54, 1.807) is 37.3 Å². The van der Waals surface area contributed by atoms with Crippen LogP contribution in [0.3, 0.4) is 0 Å². The van der Waals surface area contributed by atoms with E-state index in [0.717, 1.165) is 18.1 Å². The number of fused-ring (bicyclic) bond motifs is 1. The molecule has 0 saturated carbocycles. The van der Waals surface area contributed by atoms with E-state index >= 15 is 0 Å². The smallest absolute Gasteiger partial charge is 0.488 e. The summed E-state index contributed by atoms with van der Waals surface area (Å²) in [5.74, 6) is 0.233. The lowest BCUT2D eigenvalue weighted by atomic mass is 10.00. The quantitative estimate of drug-likeness (QED) is 0.188. The molecule has 1 unspecified atom stereocenters. The highest BCUT2D eigenvalue weighted by Crippen LogP contribution is 2.41. The molecule has 0 amide bonds. The lowest BCUT2D eigenvalue weighted by Crippen LogP contribution is -2.33. The first-order chi connectivity index (χ1) is 19.2. The molecule has 0 aliphatic carbocycles. The van der Waals surface area contributed by atoms with Crippen molar-refractivity contribution in [3.63, 3.8) is 0 Å². The summed E-state index contributed by atoms with van der Waals surface area (Å²) < 4.78 is 103. The van der Waals surface area contributed by atoms with Gasteiger partial charge in [-0.1, -0.05) is 71.5 Å². The van der Waals surface area contributed by atoms with Gasteiger partial charge in [0, 0.05) is 5.56 Å². The second-order valence-corrected chi connectivity index (χ2v) is 9.00. The predicted octanol–water partition coefficient (Wildman–Crippen LogP) is 10.0. The molecule has 1 aliphatic rings. The Hall–Kier alpha value is -3.63. The second-order valence-electron chi connectivity index (χ2n) is 9.00. The fourth-order valence-corrected chi connectivity index (χ4v) is 3.35. The fourth-order valence-electron chi connectivity index (χ4n) is 3.35. The number of nitrogens with one attached hydrogen (secondary N) is 1. The van der Waals surface area contributed by atoms with Crippen LogP contribution in [0.5, 0.6) is 11.5 Å². The third-order valence-corrected chi connectivity index (χ3v) is 4.87. The van der Waals surface area contributed by atoms with Crippen LogP contribution >= 0.6 is 0 Å². The van der Waals surface area contributed by atoms with Gasteiger partial charge in [-0.05, 0) is 54.3 Å². The van der Waals surface area contributed by atoms with Gasteiger partial charge in [0.15, 0.2) is 0 Å². The summed E-state index contributed by atoms with van der Waals surface area (Å²) in [7, 11) is 0. The van der Waals surface area contributed by atoms with E-state index in [9.17, 15) is 30.7 Å². The van der Waals surface area contributed by atoms with Crippen molar-refractivity contribution in [2.45, 2.75) is 66.5 Å². The average molecular weight is 592 g/mol. The van der Waals surface area contributed by atoms with Crippen molar-refractivity contribution in [3.05, 3.63) is 78.6 Å². The van der Waals surface area contributed by atoms with Gasteiger partial charge in [0.05, 0.1) is 11.7 Å². The van der Waals surface area contributed by atoms with Crippen LogP contribution in [0, 0.1) is 5.92 Å². The summed E-state index contributed by atoms with van der Waals surface area (Å²) in [6, 6.07) is 9.76. The molecule has 4 nitrogen and oxygen atoms in total. The van der Waals surface area contributed by atoms with Crippen LogP contribution in [0.2, 0.25) is 0 Å². The minimum absolute atomic E-state index is 0.00537. The third-order valence-electron chi connectivity index (χ3n) is 4.87. The SMILES string of the molecule is C=C/C(=C\C(=C/C)C1COc2c(cccc2-c2cccc(OC(F)(F)F)c2)N1)OC(F)(F)C(F)F.CC.CC(C)C. The third kappa shape index (κ3) is 11.4. The average Bonchev–Trinajstić information content (AvgIpc) is 2.90. The Labute approximate surface area is 236 Å². The van der Waals surface area contributed by atoms with Gasteiger partial charge in [-0.2, -0.15) is 17.6 Å². The van der Waals surface area contributed by atoms with Crippen molar-refractivity contribution in [2.24, 2.45) is 5.92 Å². The number of alkyl halides is 7. The molecule has 11 heteroatoms. The molecule has 1 atom stereocenters. The predicted molar refractivity (Wildman–Crippen MR) is 147 cm³/mol. The molecule has 0 fully saturated rings. The van der Waals surface area contributed by atoms with Gasteiger partial charge in [-0.3, -0.25) is 0 Å². The van der Waals surface area contributed by atoms with Crippen LogP contribution in [0.25, 0.3) is 11.1 Å². The molecule has 0 saturated heterocycles. The Balaban J connectivity index is 0.00000129. The van der Waals surface area contributed by atoms with Crippen molar-refractivity contribution < 1.29 is 44.9 Å². The Morgan fingerprint density at radius 3 is 2.20 bits per heavy atom. The van der Waals surface area contributed by atoms with Crippen LogP contribution in [0.4, 0.5) is 36.4 Å². The van der Waals surface area contributed by atoms with Gasteiger partial charge in [-0.25, -0.2) is 0 Å². The summed E-state index contributed by atoms with van der Waals surface area (Å²) in [6.45, 7) is 15.4. The first-order valence-electron chi connectivity index (χ1n) is 12.9. The van der Waals surface area contributed by atoms with E-state index in [-0.39, 0.29) is 6.61 Å². The van der Waals surface area contributed by atoms with E-state index in [1.807, 2.05) is 13.8 Å². The number of benzene rings is 2. The Kier molecular flexibility index (Phi) is 13.8. The number of para-hydroxylation sites is 1. The molecule has 0 bridgehead atoms. The minimum Gasteiger partial charge on any atom is -0.488 e. The lowest BCUT2D eigenvalue weighted by Gasteiger charge is -2.30. The second kappa shape index (κ2) is 16.0. The maximum Gasteiger partial charge on any atom is 0.573 e. The van der Waals surface area contributed by atoms with Crippen molar-refractivity contribution in [1.29, 1.82) is 0 Å². The van der Waals surface area contributed by atoms with Crippen molar-refractivity contribution in [3.8, 4) is 22.6 Å². The van der Waals surface area contributed by atoms with Gasteiger partial charge in [0.2, 0.25) is 0 Å². The summed E-state index contributed by atoms with van der Waals surface area (Å²) in [5, 5.41) is 3.15. The van der Waals surface area contributed by atoms with Crippen LogP contribution in [0.1, 0.15) is 41.5 Å². The molecule has 228 valence electrons. The van der Waals surface area contributed by atoms with Crippen molar-refractivity contribution in [2.75, 3.05) is 11.9 Å². The monoisotopic (exact) mass is 591 g/mol. The molecule has 3 rings (SSSR count). The summed E-state index contributed by atoms with van der Waals surface area (Å²) >= 11 is 0. The zero-order valence-electron chi connectivity index (χ0n) is 23.8. The summed E-state index contributed by atoms with van der Waals surface area (Å²) in [4.78, 5) is 0. The number of anilines is 1. The van der Waals surface area contributed by atoms with Gasteiger partial charge in [0.1, 0.15) is 23.9 Å². The summed E-state index contributed by atoms with van der Waals surface area (Å²) in [5.41, 5.74) is 1.77. The number of ether oxygens (including phenoxy) is 3. The normalized spacial score (nSPS) is 15.3. The van der Waals surface area contributed by atoms with Crippen LogP contribution in [-0.4, -0.2) is 31.5 Å². The highest BCUT2D eigenvalue weighted by atomic mass is 19.4. The molecule has 0 aromatic heterocycles. The van der Waals surface area contributed by atoms with Crippen molar-refractivity contribution in [1.82, 2.24) is 0 Å². The lowest BCUT2D eigenvalue weighted by molar-refractivity contribution is -0.279. The van der Waals surface area contributed by atoms with Crippen LogP contribution in [-0.2, 0) is 4.74 Å². The number of halogens is 7. The largest absolute Gasteiger partial charge is 0.573 e. The summed E-state index contributed by atoms with van der Waals surface area (Å²) in [6.07, 6.45) is -9.99. The molecule has 2 aromatic rings. The zero-order chi connectivity index (χ0) is 31.4. The Morgan fingerprint density at radius 1 is 1.05 bits per heavy atom. The minimum atomic E-state index is -4.84. The van der Waals surface area contributed by atoms with E-state index in [0.29, 0.717) is 28.1 Å². The Bertz CT molecular complexity index is 1170. The molecule has 2 aromatic carbocycles. The highest BCUT2D eigenvalue weighted by Gasteiger charge is 2.44. The number of allylic oxidation sites excluding steroid dienone is 2. The molecule has 1 N–H and O–H groups in total. The molecular weight excluding hydrogens is 555 g/mol. The van der Waals surface area contributed by atoms with Crippen LogP contribution in [0.15, 0.2) is 78.6 Å². The Morgan fingerprint density at radius 2 is 1.66 bits per heavy atom. The van der Waals surface area contributed by atoms with E-state index < -0.39 is 36.4 Å². The molecule has 41 heavy (non-hydrogen) atoms. The maximum atomic E-state index is 13.3. The molecular formula is C30H36F7NO3. The molecule has 0 radical (unpaired) electrons. The first-order valence-corrected chi connectivity index (χ1v) is 12.9. The number of hydrogen-bond donors (Lipinski definition) is 1. The molecule has 0 spiro atoms. The van der Waals surface area contributed by atoms with Gasteiger partial charge >= 0.3 is 18.9 Å². The maximum absolute atomic E-state index is 13.3. The highest BCUT2D eigenvalue weighted by molar-refractivity contribution is 5.80. The van der Waals surface area contributed by atoms with Gasteiger partial charge < -0.3 is 19.5 Å². The molecule has 1 aliphatic heterocycles. The van der Waals surface area contributed by atoms with Crippen molar-refractivity contribution >= 4 is 5.69 Å². The number of hydrogen-bond acceptors (Lipinski definition) is 4. The topological polar surface area (TPSA) is 39.7 Å². The molecule has 1 heterocycles. The van der Waals surface area contributed by atoms with E-state index in [4.69, 9.17) is 4.74 Å². The van der Waals surface area contributed by atoms with E-state index in [2.05, 4.69) is 42.1 Å².